The van der Waals surface area contributed by atoms with Crippen molar-refractivity contribution in [3.63, 3.8) is 0 Å². The van der Waals surface area contributed by atoms with E-state index in [-0.39, 0.29) is 50.2 Å². The number of nitrogens with zero attached hydrogens (tertiary/aromatic N) is 4. The number of aliphatic hydroxyl groups is 1. The molecule has 0 saturated heterocycles. The highest BCUT2D eigenvalue weighted by Gasteiger charge is 2.32. The molecule has 1 aliphatic heterocycles. The van der Waals surface area contributed by atoms with E-state index in [1.54, 1.807) is 13.0 Å². The van der Waals surface area contributed by atoms with Crippen molar-refractivity contribution in [3.05, 3.63) is 76.3 Å². The van der Waals surface area contributed by atoms with E-state index >= 15 is 0 Å². The fraction of sp³-hybridized carbons (Fsp3) is 0.387. The fourth-order valence-electron chi connectivity index (χ4n) is 5.53. The number of phenolic OH excluding ortho intramolecular Hbond substituents is 1. The summed E-state index contributed by atoms with van der Waals surface area (Å²) in [5.74, 6) is -0.157. The molecule has 234 valence electrons. The third-order valence-corrected chi connectivity index (χ3v) is 8.98. The number of aromatic nitrogens is 3. The van der Waals surface area contributed by atoms with Gasteiger partial charge in [0.05, 0.1) is 25.7 Å². The van der Waals surface area contributed by atoms with Crippen LogP contribution in [-0.4, -0.2) is 64.2 Å². The number of aliphatic hydroxyl groups excluding tert-OH is 1. The van der Waals surface area contributed by atoms with Crippen LogP contribution in [-0.2, 0) is 39.5 Å². The molecule has 2 heterocycles. The molecule has 4 aromatic rings. The SMILES string of the molecule is CCOC(=O)CC(c1cc(CN2Cc3cc(O)ccc3OS2(=O)=O)cc(OC)c1)c1ccc2c(nnn2CCCCO)c1C. The number of fused-ring (bicyclic) bond motifs is 2. The molecule has 1 aromatic heterocycles. The number of hydrogen-bond acceptors (Lipinski definition) is 10. The van der Waals surface area contributed by atoms with Crippen LogP contribution in [0.5, 0.6) is 17.2 Å². The summed E-state index contributed by atoms with van der Waals surface area (Å²) in [5.41, 5.74) is 5.17. The smallest absolute Gasteiger partial charge is 0.385 e. The summed E-state index contributed by atoms with van der Waals surface area (Å²) in [5, 5.41) is 27.8. The van der Waals surface area contributed by atoms with Gasteiger partial charge in [-0.1, -0.05) is 17.3 Å². The zero-order valence-electron chi connectivity index (χ0n) is 24.9. The van der Waals surface area contributed by atoms with Gasteiger partial charge in [0.1, 0.15) is 22.8 Å². The topological polar surface area (TPSA) is 153 Å². The van der Waals surface area contributed by atoms with E-state index in [4.69, 9.17) is 18.8 Å². The number of aromatic hydroxyl groups is 1. The summed E-state index contributed by atoms with van der Waals surface area (Å²) in [6, 6.07) is 13.6. The maximum Gasteiger partial charge on any atom is 0.385 e. The number of unbranched alkanes of at least 4 members (excludes halogenated alkanes) is 1. The van der Waals surface area contributed by atoms with E-state index < -0.39 is 16.2 Å². The fourth-order valence-corrected chi connectivity index (χ4v) is 6.63. The van der Waals surface area contributed by atoms with Crippen LogP contribution < -0.4 is 8.92 Å². The summed E-state index contributed by atoms with van der Waals surface area (Å²) in [4.78, 5) is 12.9. The van der Waals surface area contributed by atoms with Crippen molar-refractivity contribution >= 4 is 27.3 Å². The van der Waals surface area contributed by atoms with E-state index in [9.17, 15) is 18.3 Å². The second-order valence-corrected chi connectivity index (χ2v) is 12.2. The van der Waals surface area contributed by atoms with Crippen molar-refractivity contribution in [1.29, 1.82) is 0 Å². The summed E-state index contributed by atoms with van der Waals surface area (Å²) >= 11 is 0. The van der Waals surface area contributed by atoms with Crippen LogP contribution in [0.25, 0.3) is 11.0 Å². The summed E-state index contributed by atoms with van der Waals surface area (Å²) in [6.45, 7) is 4.63. The summed E-state index contributed by atoms with van der Waals surface area (Å²) in [6.07, 6.45) is 1.46. The summed E-state index contributed by atoms with van der Waals surface area (Å²) < 4.78 is 45.3. The van der Waals surface area contributed by atoms with Gasteiger partial charge in [-0.3, -0.25) is 4.79 Å². The van der Waals surface area contributed by atoms with Crippen molar-refractivity contribution in [2.75, 3.05) is 20.3 Å². The summed E-state index contributed by atoms with van der Waals surface area (Å²) in [7, 11) is -2.59. The number of rotatable bonds is 12. The van der Waals surface area contributed by atoms with E-state index in [0.29, 0.717) is 35.4 Å². The van der Waals surface area contributed by atoms with Gasteiger partial charge in [0.15, 0.2) is 0 Å². The van der Waals surface area contributed by atoms with Crippen molar-refractivity contribution < 1.29 is 37.1 Å². The third kappa shape index (κ3) is 6.64. The first-order chi connectivity index (χ1) is 21.1. The van der Waals surface area contributed by atoms with Crippen LogP contribution in [0, 0.1) is 6.92 Å². The van der Waals surface area contributed by atoms with Gasteiger partial charge in [-0.15, -0.1) is 5.10 Å². The third-order valence-electron chi connectivity index (χ3n) is 7.70. The molecule has 1 atom stereocenters. The van der Waals surface area contributed by atoms with Gasteiger partial charge in [-0.2, -0.15) is 12.7 Å². The molecule has 13 heteroatoms. The van der Waals surface area contributed by atoms with E-state index in [1.807, 2.05) is 35.9 Å². The minimum absolute atomic E-state index is 0.00853. The maximum atomic E-state index is 13.0. The monoisotopic (exact) mass is 624 g/mol. The molecule has 0 amide bonds. The first-order valence-electron chi connectivity index (χ1n) is 14.4. The predicted octanol–water partition coefficient (Wildman–Crippen LogP) is 3.95. The molecule has 5 rings (SSSR count). The van der Waals surface area contributed by atoms with Crippen LogP contribution in [0.4, 0.5) is 0 Å². The Morgan fingerprint density at radius 1 is 1.14 bits per heavy atom. The molecule has 2 N–H and O–H groups in total. The lowest BCUT2D eigenvalue weighted by molar-refractivity contribution is -0.143. The average molecular weight is 625 g/mol. The number of carbonyl (C=O) groups is 1. The Balaban J connectivity index is 1.53. The van der Waals surface area contributed by atoms with Gasteiger partial charge >= 0.3 is 16.3 Å². The number of esters is 1. The highest BCUT2D eigenvalue weighted by molar-refractivity contribution is 7.84. The van der Waals surface area contributed by atoms with Crippen molar-refractivity contribution in [2.24, 2.45) is 0 Å². The minimum atomic E-state index is -4.11. The molecule has 1 unspecified atom stereocenters. The minimum Gasteiger partial charge on any atom is -0.508 e. The highest BCUT2D eigenvalue weighted by Crippen LogP contribution is 2.37. The Morgan fingerprint density at radius 3 is 2.70 bits per heavy atom. The van der Waals surface area contributed by atoms with Crippen LogP contribution in [0.1, 0.15) is 59.9 Å². The lowest BCUT2D eigenvalue weighted by Crippen LogP contribution is -2.37. The molecule has 0 fully saturated rings. The molecule has 12 nitrogen and oxygen atoms in total. The van der Waals surface area contributed by atoms with Gasteiger partial charge in [0.2, 0.25) is 0 Å². The number of methoxy groups -OCH3 is 1. The highest BCUT2D eigenvalue weighted by atomic mass is 32.2. The van der Waals surface area contributed by atoms with Crippen molar-refractivity contribution in [1.82, 2.24) is 19.3 Å². The molecular formula is C31H36N4O8S. The molecule has 0 spiro atoms. The van der Waals surface area contributed by atoms with Crippen molar-refractivity contribution in [2.45, 2.75) is 58.7 Å². The Labute approximate surface area is 256 Å². The van der Waals surface area contributed by atoms with Crippen LogP contribution in [0.2, 0.25) is 0 Å². The molecule has 0 bridgehead atoms. The Hall–Kier alpha value is -4.20. The van der Waals surface area contributed by atoms with E-state index in [0.717, 1.165) is 28.6 Å². The number of carbonyl (C=O) groups excluding carboxylic acids is 1. The van der Waals surface area contributed by atoms with Crippen molar-refractivity contribution in [3.8, 4) is 17.2 Å². The number of benzene rings is 3. The lowest BCUT2D eigenvalue weighted by atomic mass is 9.84. The van der Waals surface area contributed by atoms with E-state index in [2.05, 4.69) is 10.3 Å². The quantitative estimate of drug-likeness (QED) is 0.175. The predicted molar refractivity (Wildman–Crippen MR) is 162 cm³/mol. The van der Waals surface area contributed by atoms with Gasteiger partial charge in [0.25, 0.3) is 0 Å². The number of hydrogen-bond donors (Lipinski definition) is 2. The molecule has 0 aliphatic carbocycles. The van der Waals surface area contributed by atoms with Crippen LogP contribution in [0.15, 0.2) is 48.5 Å². The Bertz CT molecular complexity index is 1770. The lowest BCUT2D eigenvalue weighted by Gasteiger charge is -2.28. The number of phenols is 1. The molecule has 1 aliphatic rings. The molecule has 3 aromatic carbocycles. The maximum absolute atomic E-state index is 13.0. The normalized spacial score (nSPS) is 15.0. The van der Waals surface area contributed by atoms with Gasteiger partial charge in [-0.25, -0.2) is 4.68 Å². The van der Waals surface area contributed by atoms with E-state index in [1.165, 1.54) is 29.6 Å². The molecule has 0 radical (unpaired) electrons. The molecule has 0 saturated carbocycles. The van der Waals surface area contributed by atoms with Gasteiger partial charge in [0, 0.05) is 37.7 Å². The van der Waals surface area contributed by atoms with Gasteiger partial charge in [-0.05, 0) is 85.3 Å². The van der Waals surface area contributed by atoms with Crippen LogP contribution >= 0.6 is 0 Å². The first-order valence-corrected chi connectivity index (χ1v) is 15.8. The molecule has 44 heavy (non-hydrogen) atoms. The first kappa shape index (κ1) is 31.2. The second kappa shape index (κ2) is 13.2. The zero-order valence-corrected chi connectivity index (χ0v) is 25.7. The number of ether oxygens (including phenoxy) is 2. The molecular weight excluding hydrogens is 588 g/mol. The Morgan fingerprint density at radius 2 is 1.95 bits per heavy atom. The zero-order chi connectivity index (χ0) is 31.4. The van der Waals surface area contributed by atoms with Gasteiger partial charge < -0.3 is 23.9 Å². The average Bonchev–Trinajstić information content (AvgIpc) is 3.41. The Kier molecular flexibility index (Phi) is 9.37. The number of aryl methyl sites for hydroxylation is 2. The second-order valence-electron chi connectivity index (χ2n) is 10.7. The van der Waals surface area contributed by atoms with Crippen LogP contribution in [0.3, 0.4) is 0 Å². The standard InChI is InChI=1S/C31H36N4O8S/c1-4-42-30(38)17-27(26-8-9-28-31(20(26)2)32-33-35(28)11-5-6-12-36)22-13-21(14-25(16-22)41-3)18-34-19-23-15-24(37)7-10-29(23)43-44(34,39)40/h7-10,13-16,27,36-37H,4-6,11-12,17-19H2,1-3H3. The largest absolute Gasteiger partial charge is 0.508 e.